The highest BCUT2D eigenvalue weighted by Crippen LogP contribution is 2.41. The van der Waals surface area contributed by atoms with E-state index in [1.165, 1.54) is 25.2 Å². The maximum atomic E-state index is 14.5. The number of benzene rings is 4. The van der Waals surface area contributed by atoms with Crippen molar-refractivity contribution >= 4 is 50.2 Å². The van der Waals surface area contributed by atoms with E-state index in [0.29, 0.717) is 33.1 Å². The molecule has 0 bridgehead atoms. The molecule has 0 atom stereocenters. The van der Waals surface area contributed by atoms with Crippen LogP contribution in [0.25, 0.3) is 49.5 Å². The van der Waals surface area contributed by atoms with Crippen LogP contribution in [0.3, 0.4) is 0 Å². The van der Waals surface area contributed by atoms with Gasteiger partial charge < -0.3 is 15.8 Å². The van der Waals surface area contributed by atoms with Crippen molar-refractivity contribution in [3.63, 3.8) is 0 Å². The van der Waals surface area contributed by atoms with Crippen LogP contribution >= 0.6 is 11.6 Å². The predicted octanol–water partition coefficient (Wildman–Crippen LogP) is 5.11. The lowest BCUT2D eigenvalue weighted by Crippen LogP contribution is -2.38. The highest BCUT2D eigenvalue weighted by molar-refractivity contribution is 6.36. The molecule has 0 saturated heterocycles. The van der Waals surface area contributed by atoms with Crippen molar-refractivity contribution in [3.8, 4) is 16.8 Å². The van der Waals surface area contributed by atoms with Crippen LogP contribution in [-0.4, -0.2) is 25.1 Å². The lowest BCUT2D eigenvalue weighted by molar-refractivity contribution is 0.0787. The van der Waals surface area contributed by atoms with Gasteiger partial charge in [0.05, 0.1) is 38.3 Å². The van der Waals surface area contributed by atoms with E-state index in [1.54, 1.807) is 56.3 Å². The van der Waals surface area contributed by atoms with Crippen molar-refractivity contribution in [2.75, 3.05) is 0 Å². The standard InChI is InChI=1S/C31H24ClFN4O4/c1-31(2,41)15-10-11-18-22(14-15)35-26-19(28(34)38)13-12-16(24(18)26)17-6-5-9-23(25(17)32)37-29(39)20-7-4-8-21(33)27(20)36(3)30(37)40/h4-14,35,41H,1-3H3,(H2,34,38). The number of halogens is 2. The van der Waals surface area contributed by atoms with Gasteiger partial charge in [-0.15, -0.1) is 0 Å². The zero-order valence-electron chi connectivity index (χ0n) is 22.3. The van der Waals surface area contributed by atoms with E-state index >= 15 is 0 Å². The number of aromatic nitrogens is 3. The molecular weight excluding hydrogens is 547 g/mol. The molecule has 2 heterocycles. The van der Waals surface area contributed by atoms with E-state index in [2.05, 4.69) is 4.98 Å². The third kappa shape index (κ3) is 3.96. The summed E-state index contributed by atoms with van der Waals surface area (Å²) in [6.07, 6.45) is 0. The molecule has 8 nitrogen and oxygen atoms in total. The van der Waals surface area contributed by atoms with E-state index in [4.69, 9.17) is 17.3 Å². The van der Waals surface area contributed by atoms with E-state index in [0.717, 1.165) is 14.5 Å². The zero-order chi connectivity index (χ0) is 29.4. The third-order valence-corrected chi connectivity index (χ3v) is 7.87. The van der Waals surface area contributed by atoms with E-state index < -0.39 is 28.6 Å². The molecule has 2 aromatic heterocycles. The molecule has 206 valence electrons. The summed E-state index contributed by atoms with van der Waals surface area (Å²) in [5, 5.41) is 12.1. The number of nitrogens with zero attached hydrogens (tertiary/aromatic N) is 2. The number of aryl methyl sites for hydroxylation is 1. The molecule has 0 unspecified atom stereocenters. The van der Waals surface area contributed by atoms with Crippen molar-refractivity contribution in [1.29, 1.82) is 0 Å². The van der Waals surface area contributed by atoms with Gasteiger partial charge in [-0.3, -0.25) is 14.2 Å². The molecule has 10 heteroatoms. The van der Waals surface area contributed by atoms with Crippen LogP contribution in [0.5, 0.6) is 0 Å². The third-order valence-electron chi connectivity index (χ3n) is 7.47. The molecule has 4 N–H and O–H groups in total. The van der Waals surface area contributed by atoms with Gasteiger partial charge in [-0.1, -0.05) is 48.0 Å². The number of nitrogens with one attached hydrogen (secondary N) is 1. The number of aromatic amines is 1. The number of hydrogen-bond donors (Lipinski definition) is 3. The van der Waals surface area contributed by atoms with Gasteiger partial charge in [-0.25, -0.2) is 13.8 Å². The quantitative estimate of drug-likeness (QED) is 0.272. The molecule has 41 heavy (non-hydrogen) atoms. The number of H-pyrrole nitrogens is 1. The first-order chi connectivity index (χ1) is 19.4. The number of carbonyl (C=O) groups excluding carboxylic acids is 1. The first-order valence-corrected chi connectivity index (χ1v) is 13.1. The molecule has 0 radical (unpaired) electrons. The number of rotatable bonds is 4. The number of nitrogens with two attached hydrogens (primary N) is 1. The summed E-state index contributed by atoms with van der Waals surface area (Å²) in [7, 11) is 1.39. The summed E-state index contributed by atoms with van der Waals surface area (Å²) in [5.41, 5.74) is 6.35. The minimum atomic E-state index is -1.10. The second kappa shape index (κ2) is 9.15. The predicted molar refractivity (Wildman–Crippen MR) is 158 cm³/mol. The van der Waals surface area contributed by atoms with Gasteiger partial charge >= 0.3 is 5.69 Å². The molecule has 6 rings (SSSR count). The SMILES string of the molecule is Cn1c(=O)n(-c2cccc(-c3ccc(C(N)=O)c4[nH]c5cc(C(C)(C)O)ccc5c34)c2Cl)c(=O)c2cccc(F)c21. The van der Waals surface area contributed by atoms with Crippen molar-refractivity contribution in [1.82, 2.24) is 14.1 Å². The molecule has 1 amide bonds. The maximum Gasteiger partial charge on any atom is 0.336 e. The van der Waals surface area contributed by atoms with Crippen LogP contribution in [0.4, 0.5) is 4.39 Å². The van der Waals surface area contributed by atoms with Crippen LogP contribution in [0.2, 0.25) is 5.02 Å². The minimum Gasteiger partial charge on any atom is -0.386 e. The van der Waals surface area contributed by atoms with Crippen LogP contribution in [0.1, 0.15) is 29.8 Å². The average Bonchev–Trinajstić information content (AvgIpc) is 3.31. The topological polar surface area (TPSA) is 123 Å². The molecule has 0 saturated carbocycles. The summed E-state index contributed by atoms with van der Waals surface area (Å²) >= 11 is 6.95. The summed E-state index contributed by atoms with van der Waals surface area (Å²) in [4.78, 5) is 42.5. The number of para-hydroxylation sites is 1. The Bertz CT molecular complexity index is 2210. The molecule has 0 spiro atoms. The molecule has 0 fully saturated rings. The van der Waals surface area contributed by atoms with Gasteiger partial charge in [0.1, 0.15) is 5.82 Å². The largest absolute Gasteiger partial charge is 0.386 e. The Kier molecular flexibility index (Phi) is 5.91. The Morgan fingerprint density at radius 2 is 1.73 bits per heavy atom. The lowest BCUT2D eigenvalue weighted by Gasteiger charge is -2.17. The van der Waals surface area contributed by atoms with E-state index in [-0.39, 0.29) is 27.2 Å². The Morgan fingerprint density at radius 1 is 1.00 bits per heavy atom. The van der Waals surface area contributed by atoms with Crippen molar-refractivity contribution in [2.24, 2.45) is 12.8 Å². The van der Waals surface area contributed by atoms with Gasteiger partial charge in [-0.2, -0.15) is 0 Å². The Hall–Kier alpha value is -4.73. The first kappa shape index (κ1) is 26.5. The molecule has 0 aliphatic heterocycles. The Labute approximate surface area is 237 Å². The summed E-state index contributed by atoms with van der Waals surface area (Å²) in [5.74, 6) is -1.32. The zero-order valence-corrected chi connectivity index (χ0v) is 23.0. The van der Waals surface area contributed by atoms with Crippen molar-refractivity contribution in [3.05, 3.63) is 110 Å². The molecule has 4 aromatic carbocycles. The normalized spacial score (nSPS) is 12.0. The molecule has 0 aliphatic rings. The molecular formula is C31H24ClFN4O4. The monoisotopic (exact) mass is 570 g/mol. The maximum absolute atomic E-state index is 14.5. The smallest absolute Gasteiger partial charge is 0.336 e. The van der Waals surface area contributed by atoms with E-state index in [9.17, 15) is 23.9 Å². The van der Waals surface area contributed by atoms with Gasteiger partial charge in [-0.05, 0) is 55.3 Å². The number of fused-ring (bicyclic) bond motifs is 4. The number of carbonyl (C=O) groups is 1. The minimum absolute atomic E-state index is 0.0287. The van der Waals surface area contributed by atoms with Crippen molar-refractivity contribution < 1.29 is 14.3 Å². The van der Waals surface area contributed by atoms with E-state index in [1.807, 2.05) is 6.07 Å². The fraction of sp³-hybridized carbons (Fsp3) is 0.129. The first-order valence-electron chi connectivity index (χ1n) is 12.7. The Morgan fingerprint density at radius 3 is 2.44 bits per heavy atom. The average molecular weight is 571 g/mol. The highest BCUT2D eigenvalue weighted by Gasteiger charge is 2.23. The van der Waals surface area contributed by atoms with Gasteiger partial charge in [0.25, 0.3) is 11.5 Å². The van der Waals surface area contributed by atoms with Gasteiger partial charge in [0.2, 0.25) is 0 Å². The molecule has 0 aliphatic carbocycles. The number of hydrogen-bond acceptors (Lipinski definition) is 4. The van der Waals surface area contributed by atoms with Gasteiger partial charge in [0, 0.05) is 28.9 Å². The number of amides is 1. The van der Waals surface area contributed by atoms with Crippen LogP contribution < -0.4 is 17.0 Å². The fourth-order valence-electron chi connectivity index (χ4n) is 5.42. The van der Waals surface area contributed by atoms with Crippen LogP contribution in [0, 0.1) is 5.82 Å². The number of primary amides is 1. The van der Waals surface area contributed by atoms with Crippen LogP contribution in [-0.2, 0) is 12.6 Å². The van der Waals surface area contributed by atoms with Crippen molar-refractivity contribution in [2.45, 2.75) is 19.4 Å². The number of aliphatic hydroxyl groups is 1. The Balaban J connectivity index is 1.67. The summed E-state index contributed by atoms with van der Waals surface area (Å²) in [6.45, 7) is 3.35. The summed E-state index contributed by atoms with van der Waals surface area (Å²) in [6, 6.07) is 17.7. The van der Waals surface area contributed by atoms with Gasteiger partial charge in [0.15, 0.2) is 0 Å². The van der Waals surface area contributed by atoms with Crippen LogP contribution in [0.15, 0.2) is 76.3 Å². The second-order valence-electron chi connectivity index (χ2n) is 10.5. The summed E-state index contributed by atoms with van der Waals surface area (Å²) < 4.78 is 16.5. The fourth-order valence-corrected chi connectivity index (χ4v) is 5.73. The lowest BCUT2D eigenvalue weighted by atomic mass is 9.94. The molecule has 6 aromatic rings. The highest BCUT2D eigenvalue weighted by atomic mass is 35.5. The second-order valence-corrected chi connectivity index (χ2v) is 10.9.